The molecule has 0 amide bonds. The second-order valence-electron chi connectivity index (χ2n) is 7.65. The first kappa shape index (κ1) is 15.5. The van der Waals surface area contributed by atoms with Crippen LogP contribution in [0.4, 0.5) is 0 Å². The zero-order chi connectivity index (χ0) is 18.7. The van der Waals surface area contributed by atoms with Crippen LogP contribution in [0.1, 0.15) is 23.6 Å². The number of aromatic nitrogens is 1. The normalized spacial score (nSPS) is 17.9. The fraction of sp³-hybridized carbons (Fsp3) is 0.0769. The van der Waals surface area contributed by atoms with Crippen molar-refractivity contribution in [2.45, 2.75) is 12.3 Å². The van der Waals surface area contributed by atoms with Gasteiger partial charge in [0.15, 0.2) is 0 Å². The number of nitrogens with one attached hydrogen (secondary N) is 1. The number of hydrogen-bond donors (Lipinski definition) is 1. The topological polar surface area (TPSA) is 25.0 Å². The molecule has 28 heavy (non-hydrogen) atoms. The Morgan fingerprint density at radius 1 is 0.643 bits per heavy atom. The molecule has 1 aliphatic heterocycles. The average molecular weight is 361 g/mol. The number of ether oxygens (including phenoxy) is 1. The van der Waals surface area contributed by atoms with Gasteiger partial charge in [0.2, 0.25) is 0 Å². The molecule has 1 unspecified atom stereocenters. The van der Waals surface area contributed by atoms with E-state index in [4.69, 9.17) is 4.74 Å². The highest BCUT2D eigenvalue weighted by molar-refractivity contribution is 6.08. The zero-order valence-electron chi connectivity index (χ0n) is 15.6. The van der Waals surface area contributed by atoms with E-state index in [1.807, 2.05) is 6.07 Å². The quantitative estimate of drug-likeness (QED) is 0.350. The maximum absolute atomic E-state index is 6.38. The molecule has 0 saturated carbocycles. The molecular weight excluding hydrogens is 342 g/mol. The van der Waals surface area contributed by atoms with Crippen molar-refractivity contribution < 1.29 is 4.74 Å². The van der Waals surface area contributed by atoms with E-state index < -0.39 is 0 Å². The molecule has 1 aliphatic rings. The third kappa shape index (κ3) is 1.97. The van der Waals surface area contributed by atoms with Crippen LogP contribution in [0, 0.1) is 0 Å². The Hall–Kier alpha value is -3.52. The van der Waals surface area contributed by atoms with Gasteiger partial charge < -0.3 is 9.72 Å². The monoisotopic (exact) mass is 361 g/mol. The summed E-state index contributed by atoms with van der Waals surface area (Å²) in [7, 11) is 0. The molecule has 2 heterocycles. The van der Waals surface area contributed by atoms with E-state index in [0.717, 1.165) is 22.5 Å². The van der Waals surface area contributed by atoms with Gasteiger partial charge in [0.1, 0.15) is 11.5 Å². The smallest absolute Gasteiger partial charge is 0.133 e. The minimum Gasteiger partial charge on any atom is -0.457 e. The lowest BCUT2D eigenvalue weighted by atomic mass is 9.69. The van der Waals surface area contributed by atoms with Crippen molar-refractivity contribution in [3.8, 4) is 11.5 Å². The average Bonchev–Trinajstić information content (AvgIpc) is 3.11. The molecule has 0 aliphatic carbocycles. The molecular formula is C26H19NO. The van der Waals surface area contributed by atoms with E-state index in [9.17, 15) is 0 Å². The SMILES string of the molecule is CC1(c2ccccc2)c2ccccc2Oc2cc3[nH]c4ccccc4c3cc21. The highest BCUT2D eigenvalue weighted by Crippen LogP contribution is 2.52. The minimum atomic E-state index is -0.280. The summed E-state index contributed by atoms with van der Waals surface area (Å²) in [6.07, 6.45) is 0. The molecule has 0 fully saturated rings. The first-order valence-electron chi connectivity index (χ1n) is 9.63. The van der Waals surface area contributed by atoms with Gasteiger partial charge >= 0.3 is 0 Å². The van der Waals surface area contributed by atoms with Crippen molar-refractivity contribution in [1.29, 1.82) is 0 Å². The minimum absolute atomic E-state index is 0.280. The second-order valence-corrected chi connectivity index (χ2v) is 7.65. The summed E-state index contributed by atoms with van der Waals surface area (Å²) < 4.78 is 6.38. The summed E-state index contributed by atoms with van der Waals surface area (Å²) in [4.78, 5) is 3.54. The van der Waals surface area contributed by atoms with Crippen LogP contribution in [0.3, 0.4) is 0 Å². The fourth-order valence-electron chi connectivity index (χ4n) is 4.67. The molecule has 1 N–H and O–H groups in total. The van der Waals surface area contributed by atoms with Crippen LogP contribution in [0.15, 0.2) is 91.0 Å². The summed E-state index contributed by atoms with van der Waals surface area (Å²) in [6, 6.07) is 32.0. The number of benzene rings is 4. The Labute approximate surface area is 163 Å². The van der Waals surface area contributed by atoms with Gasteiger partial charge in [0, 0.05) is 38.9 Å². The zero-order valence-corrected chi connectivity index (χ0v) is 15.6. The number of H-pyrrole nitrogens is 1. The molecule has 0 bridgehead atoms. The van der Waals surface area contributed by atoms with E-state index >= 15 is 0 Å². The Morgan fingerprint density at radius 3 is 2.29 bits per heavy atom. The van der Waals surface area contributed by atoms with Crippen molar-refractivity contribution in [2.24, 2.45) is 0 Å². The van der Waals surface area contributed by atoms with E-state index in [0.29, 0.717) is 0 Å². The molecule has 1 aromatic heterocycles. The van der Waals surface area contributed by atoms with Crippen molar-refractivity contribution >= 4 is 21.8 Å². The number of hydrogen-bond acceptors (Lipinski definition) is 1. The number of aromatic amines is 1. The molecule has 6 rings (SSSR count). The molecule has 0 radical (unpaired) electrons. The molecule has 1 atom stereocenters. The molecule has 0 saturated heterocycles. The van der Waals surface area contributed by atoms with Crippen LogP contribution in [0.25, 0.3) is 21.8 Å². The van der Waals surface area contributed by atoms with E-state index in [2.05, 4.69) is 96.8 Å². The van der Waals surface area contributed by atoms with Crippen molar-refractivity contribution in [2.75, 3.05) is 0 Å². The summed E-state index contributed by atoms with van der Waals surface area (Å²) in [5.41, 5.74) is 5.65. The molecule has 4 aromatic carbocycles. The summed E-state index contributed by atoms with van der Waals surface area (Å²) in [5.74, 6) is 1.85. The fourth-order valence-corrected chi connectivity index (χ4v) is 4.67. The van der Waals surface area contributed by atoms with Gasteiger partial charge in [-0.15, -0.1) is 0 Å². The maximum Gasteiger partial charge on any atom is 0.133 e. The highest BCUT2D eigenvalue weighted by atomic mass is 16.5. The first-order chi connectivity index (χ1) is 13.7. The predicted molar refractivity (Wildman–Crippen MR) is 114 cm³/mol. The van der Waals surface area contributed by atoms with E-state index in [1.54, 1.807) is 0 Å². The summed E-state index contributed by atoms with van der Waals surface area (Å²) in [5, 5.41) is 2.48. The van der Waals surface area contributed by atoms with Gasteiger partial charge in [-0.1, -0.05) is 66.7 Å². The third-order valence-electron chi connectivity index (χ3n) is 6.14. The second kappa shape index (κ2) is 5.49. The Morgan fingerprint density at radius 2 is 1.39 bits per heavy atom. The Balaban J connectivity index is 1.73. The van der Waals surface area contributed by atoms with Gasteiger partial charge in [-0.25, -0.2) is 0 Å². The van der Waals surface area contributed by atoms with Gasteiger partial charge in [0.05, 0.1) is 5.52 Å². The maximum atomic E-state index is 6.38. The number of fused-ring (bicyclic) bond motifs is 5. The van der Waals surface area contributed by atoms with Crippen molar-refractivity contribution in [3.05, 3.63) is 108 Å². The van der Waals surface area contributed by atoms with Gasteiger partial charge in [-0.05, 0) is 30.7 Å². The predicted octanol–water partition coefficient (Wildman–Crippen LogP) is 6.78. The molecule has 2 nitrogen and oxygen atoms in total. The standard InChI is InChI=1S/C26H19NO/c1-26(17-9-3-2-4-10-17)20-12-6-8-14-24(20)28-25-16-23-19(15-21(25)26)18-11-5-7-13-22(18)27-23/h2-16,27H,1H3. The van der Waals surface area contributed by atoms with E-state index in [-0.39, 0.29) is 5.41 Å². The summed E-state index contributed by atoms with van der Waals surface area (Å²) in [6.45, 7) is 2.31. The molecule has 2 heteroatoms. The molecule has 134 valence electrons. The van der Waals surface area contributed by atoms with Gasteiger partial charge in [-0.2, -0.15) is 0 Å². The third-order valence-corrected chi connectivity index (χ3v) is 6.14. The van der Waals surface area contributed by atoms with E-state index in [1.165, 1.54) is 27.5 Å². The van der Waals surface area contributed by atoms with Crippen molar-refractivity contribution in [3.63, 3.8) is 0 Å². The van der Waals surface area contributed by atoms with Crippen LogP contribution >= 0.6 is 0 Å². The lowest BCUT2D eigenvalue weighted by Crippen LogP contribution is -2.29. The number of para-hydroxylation sites is 2. The number of rotatable bonds is 1. The lowest BCUT2D eigenvalue weighted by Gasteiger charge is -2.38. The molecule has 5 aromatic rings. The van der Waals surface area contributed by atoms with Crippen LogP contribution in [-0.4, -0.2) is 4.98 Å². The van der Waals surface area contributed by atoms with Gasteiger partial charge in [0.25, 0.3) is 0 Å². The largest absolute Gasteiger partial charge is 0.457 e. The lowest BCUT2D eigenvalue weighted by molar-refractivity contribution is 0.428. The van der Waals surface area contributed by atoms with Crippen LogP contribution in [0.2, 0.25) is 0 Å². The summed E-state index contributed by atoms with van der Waals surface area (Å²) >= 11 is 0. The Kier molecular flexibility index (Phi) is 3.05. The Bertz CT molecular complexity index is 1350. The van der Waals surface area contributed by atoms with Gasteiger partial charge in [-0.3, -0.25) is 0 Å². The first-order valence-corrected chi connectivity index (χ1v) is 9.63. The van der Waals surface area contributed by atoms with Crippen molar-refractivity contribution in [1.82, 2.24) is 4.98 Å². The van der Waals surface area contributed by atoms with Crippen LogP contribution in [-0.2, 0) is 5.41 Å². The highest BCUT2D eigenvalue weighted by Gasteiger charge is 2.40. The van der Waals surface area contributed by atoms with Crippen LogP contribution < -0.4 is 4.74 Å². The molecule has 0 spiro atoms. The van der Waals surface area contributed by atoms with Crippen LogP contribution in [0.5, 0.6) is 11.5 Å².